The minimum Gasteiger partial charge on any atom is -0.482 e. The quantitative estimate of drug-likeness (QED) is 0.201. The SMILES string of the molecule is CC.CCC(CC)[C@H](C[NH2+]CC(=O)c1ccc2c(c1)NC(=O)CO2)OC(=O)[C@H](Nc1ccccc1)c1ccccc1. The number of fused-ring (bicyclic) bond motifs is 1. The first-order chi connectivity index (χ1) is 20.0. The Hall–Kier alpha value is -4.17. The molecule has 4 N–H and O–H groups in total. The van der Waals surface area contributed by atoms with E-state index in [4.69, 9.17) is 9.47 Å². The molecule has 1 aliphatic heterocycles. The maximum absolute atomic E-state index is 13.6. The van der Waals surface area contributed by atoms with Crippen molar-refractivity contribution in [1.29, 1.82) is 0 Å². The molecule has 0 bridgehead atoms. The zero-order chi connectivity index (χ0) is 29.6. The number of anilines is 2. The lowest BCUT2D eigenvalue weighted by molar-refractivity contribution is -0.650. The van der Waals surface area contributed by atoms with E-state index < -0.39 is 6.04 Å². The van der Waals surface area contributed by atoms with Crippen LogP contribution in [0.1, 0.15) is 62.5 Å². The zero-order valence-electron chi connectivity index (χ0n) is 24.4. The van der Waals surface area contributed by atoms with Crippen molar-refractivity contribution in [1.82, 2.24) is 0 Å². The predicted octanol–water partition coefficient (Wildman–Crippen LogP) is 4.99. The van der Waals surface area contributed by atoms with Gasteiger partial charge in [0, 0.05) is 17.2 Å². The van der Waals surface area contributed by atoms with Crippen LogP contribution < -0.4 is 20.7 Å². The number of hydrogen-bond acceptors (Lipinski definition) is 6. The fourth-order valence-corrected chi connectivity index (χ4v) is 4.75. The first-order valence-corrected chi connectivity index (χ1v) is 14.5. The van der Waals surface area contributed by atoms with Gasteiger partial charge >= 0.3 is 5.97 Å². The highest BCUT2D eigenvalue weighted by atomic mass is 16.5. The number of ketones is 1. The van der Waals surface area contributed by atoms with Crippen molar-refractivity contribution >= 4 is 29.0 Å². The predicted molar refractivity (Wildman–Crippen MR) is 161 cm³/mol. The van der Waals surface area contributed by atoms with E-state index in [1.807, 2.05) is 79.8 Å². The number of nitrogens with two attached hydrogens (primary N) is 1. The number of rotatable bonds is 13. The molecule has 2 atom stereocenters. The van der Waals surface area contributed by atoms with E-state index in [9.17, 15) is 14.4 Å². The number of para-hydroxylation sites is 1. The number of nitrogens with one attached hydrogen (secondary N) is 2. The Morgan fingerprint density at radius 3 is 2.29 bits per heavy atom. The first kappa shape index (κ1) is 31.4. The molecule has 0 radical (unpaired) electrons. The van der Waals surface area contributed by atoms with E-state index in [-0.39, 0.29) is 42.8 Å². The van der Waals surface area contributed by atoms with Crippen molar-refractivity contribution in [3.8, 4) is 5.75 Å². The lowest BCUT2D eigenvalue weighted by Crippen LogP contribution is -2.88. The molecule has 218 valence electrons. The van der Waals surface area contributed by atoms with E-state index in [1.165, 1.54) is 0 Å². The fraction of sp³-hybridized carbons (Fsp3) is 0.364. The second kappa shape index (κ2) is 16.2. The molecule has 8 heteroatoms. The zero-order valence-corrected chi connectivity index (χ0v) is 24.4. The Bertz CT molecular complexity index is 1260. The van der Waals surface area contributed by atoms with E-state index in [2.05, 4.69) is 24.5 Å². The Labute approximate surface area is 242 Å². The molecular weight excluding hydrogens is 518 g/mol. The number of carbonyl (C=O) groups excluding carboxylic acids is 3. The number of Topliss-reactive ketones (excluding diaryl/α,β-unsaturated/α-hetero) is 1. The van der Waals surface area contributed by atoms with Crippen molar-refractivity contribution in [2.45, 2.75) is 52.7 Å². The largest absolute Gasteiger partial charge is 0.482 e. The molecule has 0 fully saturated rings. The molecule has 3 aromatic rings. The van der Waals surface area contributed by atoms with Gasteiger partial charge in [-0.25, -0.2) is 4.79 Å². The van der Waals surface area contributed by atoms with Crippen LogP contribution >= 0.6 is 0 Å². The van der Waals surface area contributed by atoms with Crippen LogP contribution in [0.15, 0.2) is 78.9 Å². The second-order valence-electron chi connectivity index (χ2n) is 9.61. The van der Waals surface area contributed by atoms with Gasteiger partial charge in [-0.3, -0.25) is 9.59 Å². The summed E-state index contributed by atoms with van der Waals surface area (Å²) in [7, 11) is 0. The number of esters is 1. The van der Waals surface area contributed by atoms with Crippen LogP contribution in [0.2, 0.25) is 0 Å². The summed E-state index contributed by atoms with van der Waals surface area (Å²) < 4.78 is 11.5. The average molecular weight is 561 g/mol. The molecule has 1 amide bonds. The molecule has 1 heterocycles. The minimum absolute atomic E-state index is 0.0315. The van der Waals surface area contributed by atoms with E-state index in [0.29, 0.717) is 23.5 Å². The van der Waals surface area contributed by atoms with E-state index in [1.54, 1.807) is 18.2 Å². The Morgan fingerprint density at radius 2 is 1.63 bits per heavy atom. The van der Waals surface area contributed by atoms with Crippen LogP contribution in [0.25, 0.3) is 0 Å². The first-order valence-electron chi connectivity index (χ1n) is 14.5. The molecule has 0 aliphatic carbocycles. The van der Waals surface area contributed by atoms with Gasteiger partial charge in [-0.15, -0.1) is 0 Å². The third kappa shape index (κ3) is 8.91. The van der Waals surface area contributed by atoms with Gasteiger partial charge in [0.1, 0.15) is 18.8 Å². The van der Waals surface area contributed by atoms with Crippen LogP contribution in [0.4, 0.5) is 11.4 Å². The second-order valence-corrected chi connectivity index (χ2v) is 9.61. The highest BCUT2D eigenvalue weighted by Crippen LogP contribution is 2.28. The summed E-state index contributed by atoms with van der Waals surface area (Å²) in [6, 6.07) is 23.5. The third-order valence-corrected chi connectivity index (χ3v) is 6.96. The number of amides is 1. The molecule has 3 aromatic carbocycles. The summed E-state index contributed by atoms with van der Waals surface area (Å²) in [5.41, 5.74) is 2.63. The van der Waals surface area contributed by atoms with E-state index >= 15 is 0 Å². The molecule has 4 rings (SSSR count). The average Bonchev–Trinajstić information content (AvgIpc) is 3.01. The third-order valence-electron chi connectivity index (χ3n) is 6.96. The Morgan fingerprint density at radius 1 is 0.976 bits per heavy atom. The van der Waals surface area contributed by atoms with Crippen LogP contribution in [0, 0.1) is 5.92 Å². The molecule has 0 spiro atoms. The van der Waals surface area contributed by atoms with Gasteiger partial charge in [0.05, 0.1) is 5.69 Å². The van der Waals surface area contributed by atoms with Crippen LogP contribution in [-0.4, -0.2) is 43.5 Å². The lowest BCUT2D eigenvalue weighted by Gasteiger charge is -2.27. The maximum Gasteiger partial charge on any atom is 0.333 e. The van der Waals surface area contributed by atoms with Gasteiger partial charge < -0.3 is 25.4 Å². The van der Waals surface area contributed by atoms with Crippen molar-refractivity contribution < 1.29 is 29.2 Å². The van der Waals surface area contributed by atoms with Crippen molar-refractivity contribution in [3.05, 3.63) is 90.0 Å². The number of benzene rings is 3. The molecule has 0 saturated heterocycles. The highest BCUT2D eigenvalue weighted by Gasteiger charge is 2.30. The molecule has 0 unspecified atom stereocenters. The molecule has 8 nitrogen and oxygen atoms in total. The van der Waals surface area contributed by atoms with Crippen LogP contribution in [0.3, 0.4) is 0 Å². The van der Waals surface area contributed by atoms with Gasteiger partial charge in [-0.1, -0.05) is 76.2 Å². The van der Waals surface area contributed by atoms with Gasteiger partial charge in [-0.05, 0) is 48.7 Å². The topological polar surface area (TPSA) is 110 Å². The summed E-state index contributed by atoms with van der Waals surface area (Å²) >= 11 is 0. The van der Waals surface area contributed by atoms with Crippen molar-refractivity contribution in [3.63, 3.8) is 0 Å². The number of ether oxygens (including phenoxy) is 2. The van der Waals surface area contributed by atoms with Gasteiger partial charge in [-0.2, -0.15) is 0 Å². The molecule has 1 aliphatic rings. The minimum atomic E-state index is -0.667. The van der Waals surface area contributed by atoms with Crippen molar-refractivity contribution in [2.75, 3.05) is 30.3 Å². The summed E-state index contributed by atoms with van der Waals surface area (Å²) in [4.78, 5) is 38.1. The summed E-state index contributed by atoms with van der Waals surface area (Å²) in [5.74, 6) is 0.0220. The normalized spacial score (nSPS) is 13.4. The lowest BCUT2D eigenvalue weighted by atomic mass is 9.96. The summed E-state index contributed by atoms with van der Waals surface area (Å²) in [6.45, 7) is 8.78. The van der Waals surface area contributed by atoms with Gasteiger partial charge in [0.25, 0.3) is 5.91 Å². The summed E-state index contributed by atoms with van der Waals surface area (Å²) in [6.07, 6.45) is 1.34. The van der Waals surface area contributed by atoms with Gasteiger partial charge in [0.15, 0.2) is 18.8 Å². The monoisotopic (exact) mass is 560 g/mol. The maximum atomic E-state index is 13.6. The van der Waals surface area contributed by atoms with E-state index in [0.717, 1.165) is 24.1 Å². The molecule has 41 heavy (non-hydrogen) atoms. The number of carbonyl (C=O) groups is 3. The van der Waals surface area contributed by atoms with Crippen LogP contribution in [0.5, 0.6) is 5.75 Å². The number of quaternary nitrogens is 1. The number of hydrogen-bond donors (Lipinski definition) is 3. The smallest absolute Gasteiger partial charge is 0.333 e. The molecular formula is C33H42N3O5+. The fourth-order valence-electron chi connectivity index (χ4n) is 4.75. The molecule has 0 saturated carbocycles. The Kier molecular flexibility index (Phi) is 12.4. The van der Waals surface area contributed by atoms with Gasteiger partial charge in [0.2, 0.25) is 5.78 Å². The van der Waals surface area contributed by atoms with Crippen molar-refractivity contribution in [2.24, 2.45) is 5.92 Å². The highest BCUT2D eigenvalue weighted by molar-refractivity contribution is 6.01. The standard InChI is InChI=1S/C31H35N3O5.C2H6/c1-3-21(4-2)28(19-32-18-26(35)23-15-16-27-25(17-23)34-29(36)20-38-27)39-31(37)30(22-11-7-5-8-12-22)33-24-13-9-6-10-14-24;1-2/h5-17,21,28,30,32-33H,3-4,18-20H2,1-2H3,(H,34,36);1-2H3/p+1/t28-,30+;/m0./s1. The Balaban J connectivity index is 0.00000226. The molecule has 0 aromatic heterocycles. The summed E-state index contributed by atoms with van der Waals surface area (Å²) in [5, 5.41) is 7.94. The van der Waals surface area contributed by atoms with Crippen LogP contribution in [-0.2, 0) is 14.3 Å².